The van der Waals surface area contributed by atoms with E-state index in [1.54, 1.807) is 0 Å². The number of aliphatic hydroxyl groups is 2. The van der Waals surface area contributed by atoms with Crippen molar-refractivity contribution < 1.29 is 14.9 Å². The van der Waals surface area contributed by atoms with E-state index in [-0.39, 0.29) is 12.0 Å². The van der Waals surface area contributed by atoms with Crippen molar-refractivity contribution in [2.75, 3.05) is 33.9 Å². The first-order chi connectivity index (χ1) is 12.8. The number of ether oxygens (including phenoxy) is 1. The average Bonchev–Trinajstić information content (AvgIpc) is 3.10. The van der Waals surface area contributed by atoms with Gasteiger partial charge in [-0.3, -0.25) is 0 Å². The van der Waals surface area contributed by atoms with Gasteiger partial charge in [0.2, 0.25) is 0 Å². The number of allylic oxidation sites excluding steroid dienone is 1. The fourth-order valence-electron chi connectivity index (χ4n) is 4.54. The molecule has 4 nitrogen and oxygen atoms in total. The van der Waals surface area contributed by atoms with Crippen LogP contribution in [0.3, 0.4) is 0 Å². The minimum Gasteiger partial charge on any atom is -0.392 e. The molecule has 156 valence electrons. The van der Waals surface area contributed by atoms with Crippen LogP contribution < -0.4 is 0 Å². The quantitative estimate of drug-likeness (QED) is 0.400. The molecule has 0 bridgehead atoms. The second-order valence-electron chi connectivity index (χ2n) is 9.18. The van der Waals surface area contributed by atoms with E-state index >= 15 is 0 Å². The lowest BCUT2D eigenvalue weighted by atomic mass is 9.88. The molecule has 2 N–H and O–H groups in total. The van der Waals surface area contributed by atoms with Crippen LogP contribution in [0.1, 0.15) is 58.8 Å². The van der Waals surface area contributed by atoms with Crippen molar-refractivity contribution in [1.82, 2.24) is 4.90 Å². The molecule has 0 heterocycles. The summed E-state index contributed by atoms with van der Waals surface area (Å²) >= 11 is 0. The van der Waals surface area contributed by atoms with Gasteiger partial charge >= 0.3 is 0 Å². The van der Waals surface area contributed by atoms with Gasteiger partial charge in [-0.25, -0.2) is 0 Å². The number of fused-ring (bicyclic) bond motifs is 1. The van der Waals surface area contributed by atoms with E-state index in [0.717, 1.165) is 58.3 Å². The van der Waals surface area contributed by atoms with Crippen LogP contribution in [0.5, 0.6) is 0 Å². The maximum Gasteiger partial charge on any atom is 0.0676 e. The molecular weight excluding hydrogens is 338 g/mol. The topological polar surface area (TPSA) is 52.9 Å². The van der Waals surface area contributed by atoms with Gasteiger partial charge in [0.15, 0.2) is 0 Å². The van der Waals surface area contributed by atoms with Crippen molar-refractivity contribution >= 4 is 0 Å². The predicted molar refractivity (Wildman–Crippen MR) is 112 cm³/mol. The first kappa shape index (κ1) is 22.6. The molecule has 0 spiro atoms. The predicted octanol–water partition coefficient (Wildman–Crippen LogP) is 3.79. The second-order valence-corrected chi connectivity index (χ2v) is 9.18. The number of nitrogens with zero attached hydrogens (tertiary/aromatic N) is 1. The van der Waals surface area contributed by atoms with Crippen LogP contribution in [-0.4, -0.2) is 60.7 Å². The molecule has 2 aliphatic carbocycles. The molecular formula is C23H41NO3. The second kappa shape index (κ2) is 10.8. The van der Waals surface area contributed by atoms with Gasteiger partial charge in [0.1, 0.15) is 0 Å². The van der Waals surface area contributed by atoms with Crippen LogP contribution in [0.15, 0.2) is 23.8 Å². The van der Waals surface area contributed by atoms with Gasteiger partial charge in [-0.2, -0.15) is 0 Å². The van der Waals surface area contributed by atoms with Gasteiger partial charge in [-0.05, 0) is 77.1 Å². The highest BCUT2D eigenvalue weighted by molar-refractivity contribution is 5.21. The Kier molecular flexibility index (Phi) is 9.00. The monoisotopic (exact) mass is 379 g/mol. The third-order valence-corrected chi connectivity index (χ3v) is 6.12. The average molecular weight is 380 g/mol. The zero-order valence-electron chi connectivity index (χ0n) is 17.9. The maximum absolute atomic E-state index is 10.5. The van der Waals surface area contributed by atoms with Crippen LogP contribution in [0.2, 0.25) is 0 Å². The number of hydrogen-bond acceptors (Lipinski definition) is 4. The summed E-state index contributed by atoms with van der Waals surface area (Å²) in [4.78, 5) is 2.18. The molecule has 0 aromatic carbocycles. The van der Waals surface area contributed by atoms with Crippen molar-refractivity contribution in [2.45, 2.75) is 70.5 Å². The maximum atomic E-state index is 10.5. The molecule has 5 atom stereocenters. The molecule has 27 heavy (non-hydrogen) atoms. The molecule has 0 aromatic heterocycles. The van der Waals surface area contributed by atoms with Gasteiger partial charge in [-0.1, -0.05) is 38.0 Å². The van der Waals surface area contributed by atoms with E-state index in [1.165, 1.54) is 5.57 Å². The SMILES string of the molecule is CCCC[C@](C)(O)C/C=C/[C@@H]1[C@H]2CC(COCCCN(C)C)=C[C@H]2C[C@H]1O. The Bertz CT molecular complexity index is 498. The summed E-state index contributed by atoms with van der Waals surface area (Å²) < 4.78 is 5.85. The molecule has 0 aliphatic heterocycles. The first-order valence-electron chi connectivity index (χ1n) is 10.8. The van der Waals surface area contributed by atoms with Crippen molar-refractivity contribution in [1.29, 1.82) is 0 Å². The molecule has 0 unspecified atom stereocenters. The van der Waals surface area contributed by atoms with E-state index in [4.69, 9.17) is 4.74 Å². The van der Waals surface area contributed by atoms with Crippen molar-refractivity contribution in [2.24, 2.45) is 17.8 Å². The fraction of sp³-hybridized carbons (Fsp3) is 0.826. The Labute approximate surface area is 166 Å². The van der Waals surface area contributed by atoms with Crippen molar-refractivity contribution in [3.63, 3.8) is 0 Å². The third-order valence-electron chi connectivity index (χ3n) is 6.12. The zero-order valence-corrected chi connectivity index (χ0v) is 17.9. The normalized spacial score (nSPS) is 30.1. The van der Waals surface area contributed by atoms with Crippen LogP contribution in [0.4, 0.5) is 0 Å². The molecule has 2 aliphatic rings. The van der Waals surface area contributed by atoms with E-state index in [2.05, 4.69) is 44.1 Å². The smallest absolute Gasteiger partial charge is 0.0676 e. The molecule has 0 saturated heterocycles. The van der Waals surface area contributed by atoms with E-state index in [0.29, 0.717) is 18.3 Å². The zero-order chi connectivity index (χ0) is 19.9. The summed E-state index contributed by atoms with van der Waals surface area (Å²) in [5.41, 5.74) is 0.768. The minimum absolute atomic E-state index is 0.208. The summed E-state index contributed by atoms with van der Waals surface area (Å²) in [6.07, 6.45) is 13.0. The molecule has 0 amide bonds. The molecule has 0 aromatic rings. The van der Waals surface area contributed by atoms with Gasteiger partial charge in [0.05, 0.1) is 18.3 Å². The van der Waals surface area contributed by atoms with E-state index in [1.807, 2.05) is 6.92 Å². The molecule has 2 rings (SSSR count). The summed E-state index contributed by atoms with van der Waals surface area (Å²) in [6.45, 7) is 6.68. The lowest BCUT2D eigenvalue weighted by Crippen LogP contribution is -2.23. The molecule has 1 fully saturated rings. The van der Waals surface area contributed by atoms with Crippen LogP contribution in [0.25, 0.3) is 0 Å². The van der Waals surface area contributed by atoms with Crippen LogP contribution in [0, 0.1) is 17.8 Å². The fourth-order valence-corrected chi connectivity index (χ4v) is 4.54. The molecule has 4 heteroatoms. The number of aliphatic hydroxyl groups excluding tert-OH is 1. The Balaban J connectivity index is 1.77. The summed E-state index contributed by atoms with van der Waals surface area (Å²) in [6, 6.07) is 0. The lowest BCUT2D eigenvalue weighted by Gasteiger charge is -2.22. The summed E-state index contributed by atoms with van der Waals surface area (Å²) in [5.74, 6) is 1.19. The summed E-state index contributed by atoms with van der Waals surface area (Å²) in [7, 11) is 4.17. The van der Waals surface area contributed by atoms with E-state index in [9.17, 15) is 10.2 Å². The highest BCUT2D eigenvalue weighted by Gasteiger charge is 2.43. The standard InChI is InChI=1S/C23H41NO3/c1-5-6-10-23(2,26)11-7-9-20-21-15-18(14-19(21)16-22(20)25)17-27-13-8-12-24(3)4/h7,9,14,19-22,25-26H,5-6,8,10-13,15-17H2,1-4H3/b9-7+/t19-,20+,21-,22+,23-/m0/s1. The minimum atomic E-state index is -0.630. The first-order valence-corrected chi connectivity index (χ1v) is 10.8. The van der Waals surface area contributed by atoms with Crippen molar-refractivity contribution in [3.05, 3.63) is 23.8 Å². The Hall–Kier alpha value is -0.680. The molecule has 0 radical (unpaired) electrons. The highest BCUT2D eigenvalue weighted by atomic mass is 16.5. The van der Waals surface area contributed by atoms with Crippen LogP contribution in [-0.2, 0) is 4.74 Å². The molecule has 1 saturated carbocycles. The van der Waals surface area contributed by atoms with Gasteiger partial charge in [-0.15, -0.1) is 0 Å². The summed E-state index contributed by atoms with van der Waals surface area (Å²) in [5, 5.41) is 20.9. The number of rotatable bonds is 12. The van der Waals surface area contributed by atoms with Crippen LogP contribution >= 0.6 is 0 Å². The van der Waals surface area contributed by atoms with Gasteiger partial charge in [0.25, 0.3) is 0 Å². The Morgan fingerprint density at radius 3 is 2.81 bits per heavy atom. The van der Waals surface area contributed by atoms with E-state index < -0.39 is 5.60 Å². The largest absolute Gasteiger partial charge is 0.392 e. The lowest BCUT2D eigenvalue weighted by molar-refractivity contribution is 0.0513. The number of unbranched alkanes of at least 4 members (excludes halogenated alkanes) is 1. The third kappa shape index (κ3) is 7.34. The Morgan fingerprint density at radius 2 is 2.11 bits per heavy atom. The van der Waals surface area contributed by atoms with Gasteiger partial charge < -0.3 is 19.8 Å². The van der Waals surface area contributed by atoms with Gasteiger partial charge in [0, 0.05) is 12.5 Å². The Morgan fingerprint density at radius 1 is 1.33 bits per heavy atom. The van der Waals surface area contributed by atoms with Crippen molar-refractivity contribution in [3.8, 4) is 0 Å². The number of hydrogen-bond donors (Lipinski definition) is 2. The highest BCUT2D eigenvalue weighted by Crippen LogP contribution is 2.47.